The fraction of sp³-hybridized carbons (Fsp3) is 0.810. The standard InChI is InChI=1S/C21H35N5O/c1-16-14-23-26(19-6-5-11-22-15-19)20(16)21(27)24-17-7-9-18(10-8-17)25-12-3-2-4-13-25/h14,17-19,22H,2-13,15H2,1H3,(H,24,27)/t17?,18?,19-/m0/s1. The van der Waals surface area contributed by atoms with Crippen LogP contribution in [0.1, 0.15) is 79.9 Å². The molecule has 6 heteroatoms. The van der Waals surface area contributed by atoms with E-state index in [0.717, 1.165) is 56.1 Å². The van der Waals surface area contributed by atoms with Gasteiger partial charge in [0.15, 0.2) is 0 Å². The Balaban J connectivity index is 1.34. The van der Waals surface area contributed by atoms with Gasteiger partial charge in [-0.25, -0.2) is 0 Å². The average Bonchev–Trinajstić information content (AvgIpc) is 3.11. The average molecular weight is 374 g/mol. The summed E-state index contributed by atoms with van der Waals surface area (Å²) in [5, 5.41) is 11.3. The predicted molar refractivity (Wildman–Crippen MR) is 107 cm³/mol. The SMILES string of the molecule is Cc1cnn([C@H]2CCCNC2)c1C(=O)NC1CCC(N2CCCCC2)CC1. The molecular weight excluding hydrogens is 338 g/mol. The van der Waals surface area contributed by atoms with Gasteiger partial charge in [-0.15, -0.1) is 0 Å². The molecule has 0 bridgehead atoms. The summed E-state index contributed by atoms with van der Waals surface area (Å²) in [5.41, 5.74) is 1.75. The third-order valence-electron chi connectivity index (χ3n) is 6.75. The number of aromatic nitrogens is 2. The number of hydrogen-bond donors (Lipinski definition) is 2. The van der Waals surface area contributed by atoms with Gasteiger partial charge >= 0.3 is 0 Å². The highest BCUT2D eigenvalue weighted by Gasteiger charge is 2.29. The van der Waals surface area contributed by atoms with Gasteiger partial charge in [0.05, 0.1) is 12.2 Å². The number of amides is 1. The monoisotopic (exact) mass is 373 g/mol. The summed E-state index contributed by atoms with van der Waals surface area (Å²) in [4.78, 5) is 15.7. The molecule has 3 fully saturated rings. The van der Waals surface area contributed by atoms with Gasteiger partial charge in [0.1, 0.15) is 5.69 Å². The number of carbonyl (C=O) groups is 1. The summed E-state index contributed by atoms with van der Waals surface area (Å²) in [7, 11) is 0. The summed E-state index contributed by atoms with van der Waals surface area (Å²) >= 11 is 0. The van der Waals surface area contributed by atoms with Gasteiger partial charge in [0.2, 0.25) is 0 Å². The fourth-order valence-electron chi connectivity index (χ4n) is 5.17. The van der Waals surface area contributed by atoms with Gasteiger partial charge in [0.25, 0.3) is 5.91 Å². The fourth-order valence-corrected chi connectivity index (χ4v) is 5.17. The normalized spacial score (nSPS) is 30.2. The number of likely N-dealkylation sites (tertiary alicyclic amines) is 1. The van der Waals surface area contributed by atoms with E-state index in [9.17, 15) is 4.79 Å². The minimum Gasteiger partial charge on any atom is -0.348 e. The smallest absolute Gasteiger partial charge is 0.270 e. The van der Waals surface area contributed by atoms with Crippen LogP contribution in [0.15, 0.2) is 6.20 Å². The number of rotatable bonds is 4. The Kier molecular flexibility index (Phi) is 6.13. The summed E-state index contributed by atoms with van der Waals surface area (Å²) in [6, 6.07) is 1.34. The highest BCUT2D eigenvalue weighted by molar-refractivity contribution is 5.94. The summed E-state index contributed by atoms with van der Waals surface area (Å²) in [6.45, 7) is 6.52. The van der Waals surface area contributed by atoms with Crippen molar-refractivity contribution in [3.63, 3.8) is 0 Å². The number of piperidine rings is 2. The molecule has 3 heterocycles. The molecule has 1 saturated carbocycles. The van der Waals surface area contributed by atoms with Crippen LogP contribution in [-0.2, 0) is 0 Å². The van der Waals surface area contributed by atoms with Crippen LogP contribution >= 0.6 is 0 Å². The van der Waals surface area contributed by atoms with Crippen LogP contribution in [0.2, 0.25) is 0 Å². The second-order valence-corrected chi connectivity index (χ2v) is 8.70. The Labute approximate surface area is 163 Å². The van der Waals surface area contributed by atoms with Crippen LogP contribution in [-0.4, -0.2) is 58.9 Å². The topological polar surface area (TPSA) is 62.2 Å². The zero-order valence-corrected chi connectivity index (χ0v) is 16.8. The van der Waals surface area contributed by atoms with Crippen molar-refractivity contribution in [1.82, 2.24) is 25.3 Å². The van der Waals surface area contributed by atoms with Crippen molar-refractivity contribution in [3.8, 4) is 0 Å². The molecule has 0 radical (unpaired) electrons. The molecule has 1 aromatic heterocycles. The van der Waals surface area contributed by atoms with Crippen molar-refractivity contribution in [2.45, 2.75) is 82.8 Å². The second-order valence-electron chi connectivity index (χ2n) is 8.70. The Morgan fingerprint density at radius 3 is 2.56 bits per heavy atom. The number of hydrogen-bond acceptors (Lipinski definition) is 4. The van der Waals surface area contributed by atoms with E-state index in [1.165, 1.54) is 45.2 Å². The first-order chi connectivity index (χ1) is 13.2. The van der Waals surface area contributed by atoms with Crippen molar-refractivity contribution in [2.24, 2.45) is 0 Å². The first-order valence-corrected chi connectivity index (χ1v) is 11.0. The van der Waals surface area contributed by atoms with Crippen LogP contribution in [0.5, 0.6) is 0 Å². The van der Waals surface area contributed by atoms with E-state index >= 15 is 0 Å². The van der Waals surface area contributed by atoms with Crippen molar-refractivity contribution < 1.29 is 4.79 Å². The zero-order chi connectivity index (χ0) is 18.6. The van der Waals surface area contributed by atoms with E-state index < -0.39 is 0 Å². The lowest BCUT2D eigenvalue weighted by Gasteiger charge is -2.39. The Morgan fingerprint density at radius 1 is 1.07 bits per heavy atom. The largest absolute Gasteiger partial charge is 0.348 e. The minimum absolute atomic E-state index is 0.0667. The van der Waals surface area contributed by atoms with Gasteiger partial charge in [0, 0.05) is 18.6 Å². The molecular formula is C21H35N5O. The molecule has 2 N–H and O–H groups in total. The van der Waals surface area contributed by atoms with Gasteiger partial charge in [-0.05, 0) is 83.5 Å². The van der Waals surface area contributed by atoms with Gasteiger partial charge < -0.3 is 15.5 Å². The number of carbonyl (C=O) groups excluding carboxylic acids is 1. The van der Waals surface area contributed by atoms with Crippen molar-refractivity contribution in [1.29, 1.82) is 0 Å². The molecule has 1 aromatic rings. The molecule has 0 aromatic carbocycles. The van der Waals surface area contributed by atoms with Gasteiger partial charge in [-0.2, -0.15) is 5.10 Å². The highest BCUT2D eigenvalue weighted by atomic mass is 16.2. The quantitative estimate of drug-likeness (QED) is 0.852. The number of nitrogens with zero attached hydrogens (tertiary/aromatic N) is 3. The Bertz CT molecular complexity index is 623. The first-order valence-electron chi connectivity index (χ1n) is 11.0. The predicted octanol–water partition coefficient (Wildman–Crippen LogP) is 2.64. The molecule has 2 saturated heterocycles. The lowest BCUT2D eigenvalue weighted by Crippen LogP contribution is -2.46. The lowest BCUT2D eigenvalue weighted by atomic mass is 9.89. The van der Waals surface area contributed by atoms with Crippen molar-refractivity contribution >= 4 is 5.91 Å². The molecule has 1 aliphatic carbocycles. The molecule has 1 atom stereocenters. The molecule has 3 aliphatic rings. The van der Waals surface area contributed by atoms with Crippen molar-refractivity contribution in [3.05, 3.63) is 17.5 Å². The molecule has 150 valence electrons. The maximum absolute atomic E-state index is 13.0. The van der Waals surface area contributed by atoms with Gasteiger partial charge in [-0.1, -0.05) is 6.42 Å². The van der Waals surface area contributed by atoms with E-state index in [1.54, 1.807) is 0 Å². The van der Waals surface area contributed by atoms with E-state index in [1.807, 2.05) is 17.8 Å². The summed E-state index contributed by atoms with van der Waals surface area (Å²) in [6.07, 6.45) is 12.8. The first kappa shape index (κ1) is 18.9. The van der Waals surface area contributed by atoms with E-state index in [-0.39, 0.29) is 5.91 Å². The van der Waals surface area contributed by atoms with E-state index in [0.29, 0.717) is 12.1 Å². The molecule has 27 heavy (non-hydrogen) atoms. The summed E-state index contributed by atoms with van der Waals surface area (Å²) < 4.78 is 1.97. The Morgan fingerprint density at radius 2 is 1.85 bits per heavy atom. The number of aryl methyl sites for hydroxylation is 1. The number of nitrogens with one attached hydrogen (secondary N) is 2. The van der Waals surface area contributed by atoms with Crippen LogP contribution < -0.4 is 10.6 Å². The maximum atomic E-state index is 13.0. The maximum Gasteiger partial charge on any atom is 0.270 e. The van der Waals surface area contributed by atoms with Crippen LogP contribution in [0.3, 0.4) is 0 Å². The third kappa shape index (κ3) is 4.37. The second kappa shape index (κ2) is 8.74. The molecule has 1 amide bonds. The minimum atomic E-state index is 0.0667. The van der Waals surface area contributed by atoms with Crippen molar-refractivity contribution in [2.75, 3.05) is 26.2 Å². The molecule has 6 nitrogen and oxygen atoms in total. The van der Waals surface area contributed by atoms with Gasteiger partial charge in [-0.3, -0.25) is 9.48 Å². The zero-order valence-electron chi connectivity index (χ0n) is 16.8. The van der Waals surface area contributed by atoms with Crippen LogP contribution in [0, 0.1) is 6.92 Å². The van der Waals surface area contributed by atoms with E-state index in [2.05, 4.69) is 20.6 Å². The molecule has 0 unspecified atom stereocenters. The Hall–Kier alpha value is -1.40. The highest BCUT2D eigenvalue weighted by Crippen LogP contribution is 2.26. The molecule has 0 spiro atoms. The third-order valence-corrected chi connectivity index (χ3v) is 6.75. The molecule has 4 rings (SSSR count). The lowest BCUT2D eigenvalue weighted by molar-refractivity contribution is 0.0873. The van der Waals surface area contributed by atoms with Crippen LogP contribution in [0.25, 0.3) is 0 Å². The molecule has 2 aliphatic heterocycles. The van der Waals surface area contributed by atoms with E-state index in [4.69, 9.17) is 0 Å². The summed E-state index contributed by atoms with van der Waals surface area (Å²) in [5.74, 6) is 0.0667. The van der Waals surface area contributed by atoms with Crippen LogP contribution in [0.4, 0.5) is 0 Å².